The summed E-state index contributed by atoms with van der Waals surface area (Å²) in [5.74, 6) is 0.242. The Morgan fingerprint density at radius 3 is 2.53 bits per heavy atom. The van der Waals surface area contributed by atoms with Gasteiger partial charge >= 0.3 is 0 Å². The lowest BCUT2D eigenvalue weighted by Crippen LogP contribution is -2.45. The van der Waals surface area contributed by atoms with Crippen molar-refractivity contribution >= 4 is 23.2 Å². The highest BCUT2D eigenvalue weighted by Crippen LogP contribution is 2.45. The number of nitriles is 1. The van der Waals surface area contributed by atoms with Crippen molar-refractivity contribution in [1.82, 2.24) is 0 Å². The molecule has 88 valence electrons. The fourth-order valence-corrected chi connectivity index (χ4v) is 2.37. The van der Waals surface area contributed by atoms with Crippen molar-refractivity contribution in [2.75, 3.05) is 5.32 Å². The molecule has 1 saturated carbocycles. The minimum absolute atomic E-state index is 0.208. The van der Waals surface area contributed by atoms with Gasteiger partial charge in [-0.25, -0.2) is 0 Å². The molecule has 1 aromatic carbocycles. The van der Waals surface area contributed by atoms with Gasteiger partial charge in [0.25, 0.3) is 0 Å². The molecule has 1 aliphatic rings. The zero-order chi connectivity index (χ0) is 12.5. The van der Waals surface area contributed by atoms with Gasteiger partial charge in [-0.2, -0.15) is 5.26 Å². The van der Waals surface area contributed by atoms with E-state index >= 15 is 0 Å². The first-order valence-corrected chi connectivity index (χ1v) is 5.92. The number of benzene rings is 1. The van der Waals surface area contributed by atoms with Gasteiger partial charge < -0.3 is 5.32 Å². The van der Waals surface area contributed by atoms with E-state index < -0.39 is 5.41 Å². The van der Waals surface area contributed by atoms with Gasteiger partial charge in [0.2, 0.25) is 5.91 Å². The van der Waals surface area contributed by atoms with Crippen LogP contribution in [-0.4, -0.2) is 5.91 Å². The highest BCUT2D eigenvalue weighted by Gasteiger charge is 2.48. The van der Waals surface area contributed by atoms with Crippen LogP contribution in [0.15, 0.2) is 24.3 Å². The van der Waals surface area contributed by atoms with E-state index in [1.165, 1.54) is 0 Å². The highest BCUT2D eigenvalue weighted by molar-refractivity contribution is 6.30. The Morgan fingerprint density at radius 2 is 2.06 bits per heavy atom. The minimum Gasteiger partial charge on any atom is -0.325 e. The topological polar surface area (TPSA) is 52.9 Å². The molecular formula is C13H13ClN2O. The van der Waals surface area contributed by atoms with Crippen molar-refractivity contribution in [1.29, 1.82) is 5.26 Å². The second-order valence-corrected chi connectivity index (χ2v) is 5.10. The monoisotopic (exact) mass is 248 g/mol. The number of carbonyl (C=O) groups is 1. The summed E-state index contributed by atoms with van der Waals surface area (Å²) in [6, 6.07) is 9.01. The van der Waals surface area contributed by atoms with Gasteiger partial charge in [-0.1, -0.05) is 18.5 Å². The van der Waals surface area contributed by atoms with Crippen molar-refractivity contribution in [3.05, 3.63) is 29.3 Å². The van der Waals surface area contributed by atoms with E-state index in [1.54, 1.807) is 24.3 Å². The van der Waals surface area contributed by atoms with Crippen LogP contribution in [-0.2, 0) is 4.79 Å². The Balaban J connectivity index is 2.07. The summed E-state index contributed by atoms with van der Waals surface area (Å²) in [5.41, 5.74) is -0.160. The minimum atomic E-state index is -0.834. The molecule has 3 nitrogen and oxygen atoms in total. The molecule has 1 aliphatic carbocycles. The van der Waals surface area contributed by atoms with Crippen LogP contribution >= 0.6 is 11.6 Å². The third-order valence-corrected chi connectivity index (χ3v) is 3.40. The van der Waals surface area contributed by atoms with Crippen LogP contribution in [0, 0.1) is 22.7 Å². The predicted molar refractivity (Wildman–Crippen MR) is 66.5 cm³/mol. The molecule has 0 aliphatic heterocycles. The summed E-state index contributed by atoms with van der Waals surface area (Å²) < 4.78 is 0. The lowest BCUT2D eigenvalue weighted by molar-refractivity contribution is -0.128. The standard InChI is InChI=1S/C13H13ClN2O/c1-9-6-13(7-9,8-15)12(17)16-11-4-2-10(14)3-5-11/h2-5,9H,6-7H2,1H3,(H,16,17). The molecule has 17 heavy (non-hydrogen) atoms. The third kappa shape index (κ3) is 2.27. The van der Waals surface area contributed by atoms with E-state index in [0.717, 1.165) is 0 Å². The van der Waals surface area contributed by atoms with Crippen molar-refractivity contribution < 1.29 is 4.79 Å². The fraction of sp³-hybridized carbons (Fsp3) is 0.385. The maximum absolute atomic E-state index is 12.0. The Hall–Kier alpha value is -1.53. The molecule has 0 saturated heterocycles. The lowest BCUT2D eigenvalue weighted by atomic mass is 9.63. The number of carbonyl (C=O) groups excluding carboxylic acids is 1. The largest absolute Gasteiger partial charge is 0.325 e. The Labute approximate surface area is 105 Å². The SMILES string of the molecule is CC1CC(C#N)(C(=O)Nc2ccc(Cl)cc2)C1. The van der Waals surface area contributed by atoms with E-state index in [2.05, 4.69) is 11.4 Å². The van der Waals surface area contributed by atoms with Crippen molar-refractivity contribution in [3.63, 3.8) is 0 Å². The van der Waals surface area contributed by atoms with Crippen LogP contribution in [0.2, 0.25) is 5.02 Å². The first-order valence-electron chi connectivity index (χ1n) is 5.54. The Bertz CT molecular complexity index is 469. The molecule has 0 radical (unpaired) electrons. The zero-order valence-electron chi connectivity index (χ0n) is 9.53. The first-order chi connectivity index (χ1) is 8.05. The molecule has 1 N–H and O–H groups in total. The van der Waals surface area contributed by atoms with Crippen LogP contribution in [0.4, 0.5) is 5.69 Å². The smallest absolute Gasteiger partial charge is 0.244 e. The van der Waals surface area contributed by atoms with Gasteiger partial charge in [0.15, 0.2) is 0 Å². The lowest BCUT2D eigenvalue weighted by Gasteiger charge is -2.39. The predicted octanol–water partition coefficient (Wildman–Crippen LogP) is 3.22. The highest BCUT2D eigenvalue weighted by atomic mass is 35.5. The van der Waals surface area contributed by atoms with Gasteiger partial charge in [-0.05, 0) is 43.0 Å². The molecule has 2 rings (SSSR count). The van der Waals surface area contributed by atoms with E-state index in [0.29, 0.717) is 29.5 Å². The maximum Gasteiger partial charge on any atom is 0.244 e. The van der Waals surface area contributed by atoms with Crippen LogP contribution in [0.3, 0.4) is 0 Å². The summed E-state index contributed by atoms with van der Waals surface area (Å²) in [6.07, 6.45) is 1.28. The summed E-state index contributed by atoms with van der Waals surface area (Å²) in [6.45, 7) is 2.05. The van der Waals surface area contributed by atoms with Crippen LogP contribution in [0.5, 0.6) is 0 Å². The van der Waals surface area contributed by atoms with Crippen LogP contribution in [0.1, 0.15) is 19.8 Å². The Kier molecular flexibility index (Phi) is 3.08. The van der Waals surface area contributed by atoms with Crippen molar-refractivity contribution in [2.24, 2.45) is 11.3 Å². The number of rotatable bonds is 2. The van der Waals surface area contributed by atoms with Gasteiger partial charge in [0, 0.05) is 10.7 Å². The summed E-state index contributed by atoms with van der Waals surface area (Å²) in [5, 5.41) is 12.5. The fourth-order valence-electron chi connectivity index (χ4n) is 2.24. The number of amides is 1. The summed E-state index contributed by atoms with van der Waals surface area (Å²) in [4.78, 5) is 12.0. The first kappa shape index (κ1) is 11.9. The second kappa shape index (κ2) is 4.38. The Morgan fingerprint density at radius 1 is 1.47 bits per heavy atom. The number of anilines is 1. The molecule has 0 heterocycles. The normalized spacial score (nSPS) is 26.8. The molecule has 1 aromatic rings. The van der Waals surface area contributed by atoms with Crippen LogP contribution in [0.25, 0.3) is 0 Å². The average molecular weight is 249 g/mol. The molecule has 4 heteroatoms. The van der Waals surface area contributed by atoms with E-state index in [4.69, 9.17) is 16.9 Å². The van der Waals surface area contributed by atoms with Crippen LogP contribution < -0.4 is 5.32 Å². The van der Waals surface area contributed by atoms with E-state index in [1.807, 2.05) is 6.92 Å². The number of hydrogen-bond donors (Lipinski definition) is 1. The molecule has 0 unspecified atom stereocenters. The average Bonchev–Trinajstić information content (AvgIpc) is 2.27. The molecular weight excluding hydrogens is 236 g/mol. The molecule has 1 fully saturated rings. The van der Waals surface area contributed by atoms with Gasteiger partial charge in [-0.3, -0.25) is 4.79 Å². The zero-order valence-corrected chi connectivity index (χ0v) is 10.3. The van der Waals surface area contributed by atoms with Gasteiger partial charge in [0.05, 0.1) is 6.07 Å². The molecule has 0 bridgehead atoms. The number of nitrogens with one attached hydrogen (secondary N) is 1. The molecule has 0 spiro atoms. The summed E-state index contributed by atoms with van der Waals surface area (Å²) >= 11 is 5.76. The van der Waals surface area contributed by atoms with Crippen molar-refractivity contribution in [3.8, 4) is 6.07 Å². The molecule has 0 atom stereocenters. The van der Waals surface area contributed by atoms with E-state index in [9.17, 15) is 4.79 Å². The summed E-state index contributed by atoms with van der Waals surface area (Å²) in [7, 11) is 0. The number of hydrogen-bond acceptors (Lipinski definition) is 2. The van der Waals surface area contributed by atoms with Gasteiger partial charge in [0.1, 0.15) is 5.41 Å². The quantitative estimate of drug-likeness (QED) is 0.874. The maximum atomic E-state index is 12.0. The number of halogens is 1. The number of nitrogens with zero attached hydrogens (tertiary/aromatic N) is 1. The van der Waals surface area contributed by atoms with Gasteiger partial charge in [-0.15, -0.1) is 0 Å². The second-order valence-electron chi connectivity index (χ2n) is 4.67. The molecule has 0 aromatic heterocycles. The third-order valence-electron chi connectivity index (χ3n) is 3.14. The van der Waals surface area contributed by atoms with E-state index in [-0.39, 0.29) is 5.91 Å². The molecule has 1 amide bonds. The van der Waals surface area contributed by atoms with Crippen molar-refractivity contribution in [2.45, 2.75) is 19.8 Å².